The van der Waals surface area contributed by atoms with Crippen molar-refractivity contribution in [2.75, 3.05) is 0 Å². The molecule has 0 heteroatoms. The molecule has 18 heavy (non-hydrogen) atoms. The Labute approximate surface area is 113 Å². The van der Waals surface area contributed by atoms with Gasteiger partial charge in [0.25, 0.3) is 0 Å². The number of allylic oxidation sites excluding steroid dienone is 2. The van der Waals surface area contributed by atoms with Crippen LogP contribution in [0.1, 0.15) is 33.3 Å². The van der Waals surface area contributed by atoms with Gasteiger partial charge in [-0.3, -0.25) is 0 Å². The standard InChI is InChI=1S/C8H12.C8H8.C2H6/c1-5(2)8-6(3)7(8)4;1-2-8-6-4-3-5-7-8;1-2/h7-8H,1,3H2,2,4H3;2-7H,1H2;1-2H3. The van der Waals surface area contributed by atoms with E-state index in [0.717, 1.165) is 0 Å². The van der Waals surface area contributed by atoms with E-state index < -0.39 is 0 Å². The third-order valence-corrected chi connectivity index (χ3v) is 2.94. The van der Waals surface area contributed by atoms with Gasteiger partial charge < -0.3 is 0 Å². The first-order chi connectivity index (χ1) is 8.57. The van der Waals surface area contributed by atoms with Crippen LogP contribution in [-0.4, -0.2) is 0 Å². The topological polar surface area (TPSA) is 0 Å². The predicted octanol–water partition coefficient (Wildman–Crippen LogP) is 5.74. The molecule has 0 saturated heterocycles. The fourth-order valence-corrected chi connectivity index (χ4v) is 1.80. The molecule has 1 saturated carbocycles. The highest BCUT2D eigenvalue weighted by molar-refractivity contribution is 5.45. The molecular formula is C18H26. The van der Waals surface area contributed by atoms with Gasteiger partial charge >= 0.3 is 0 Å². The molecule has 0 nitrogen and oxygen atoms in total. The van der Waals surface area contributed by atoms with Gasteiger partial charge in [0, 0.05) is 5.92 Å². The average molecular weight is 242 g/mol. The molecule has 1 aromatic rings. The summed E-state index contributed by atoms with van der Waals surface area (Å²) in [5.74, 6) is 1.36. The van der Waals surface area contributed by atoms with Crippen LogP contribution < -0.4 is 0 Å². The van der Waals surface area contributed by atoms with Crippen LogP contribution in [0, 0.1) is 11.8 Å². The van der Waals surface area contributed by atoms with Gasteiger partial charge in [0.2, 0.25) is 0 Å². The number of rotatable bonds is 2. The molecule has 0 bridgehead atoms. The Bertz CT molecular complexity index is 376. The van der Waals surface area contributed by atoms with Crippen LogP contribution in [0.4, 0.5) is 0 Å². The van der Waals surface area contributed by atoms with E-state index in [1.807, 2.05) is 50.3 Å². The summed E-state index contributed by atoms with van der Waals surface area (Å²) in [4.78, 5) is 0. The minimum Gasteiger partial charge on any atom is -0.0995 e. The Morgan fingerprint density at radius 1 is 1.17 bits per heavy atom. The number of hydrogen-bond donors (Lipinski definition) is 0. The van der Waals surface area contributed by atoms with Gasteiger partial charge in [-0.15, -0.1) is 0 Å². The first kappa shape index (κ1) is 16.4. The fourth-order valence-electron chi connectivity index (χ4n) is 1.80. The summed E-state index contributed by atoms with van der Waals surface area (Å²) in [7, 11) is 0. The minimum absolute atomic E-state index is 0.648. The summed E-state index contributed by atoms with van der Waals surface area (Å²) in [5.41, 5.74) is 3.80. The fraction of sp³-hybridized carbons (Fsp3) is 0.333. The van der Waals surface area contributed by atoms with E-state index in [4.69, 9.17) is 0 Å². The SMILES string of the molecule is C=C(C)C1C(=C)C1C.C=Cc1ccccc1.CC. The molecule has 0 amide bonds. The second-order valence-electron chi connectivity index (χ2n) is 4.30. The first-order valence-corrected chi connectivity index (χ1v) is 6.59. The van der Waals surface area contributed by atoms with Crippen LogP contribution >= 0.6 is 0 Å². The average Bonchev–Trinajstić information content (AvgIpc) is 3.01. The van der Waals surface area contributed by atoms with Crippen LogP contribution in [0.5, 0.6) is 0 Å². The van der Waals surface area contributed by atoms with E-state index in [1.165, 1.54) is 16.7 Å². The summed E-state index contributed by atoms with van der Waals surface area (Å²) in [6, 6.07) is 10.0. The quantitative estimate of drug-likeness (QED) is 0.580. The van der Waals surface area contributed by atoms with E-state index in [1.54, 1.807) is 0 Å². The van der Waals surface area contributed by atoms with Crippen molar-refractivity contribution in [2.24, 2.45) is 11.8 Å². The normalized spacial score (nSPS) is 19.7. The first-order valence-electron chi connectivity index (χ1n) is 6.59. The molecule has 1 aliphatic carbocycles. The van der Waals surface area contributed by atoms with Crippen molar-refractivity contribution in [1.82, 2.24) is 0 Å². The maximum Gasteiger partial charge on any atom is 0.00648 e. The van der Waals surface area contributed by atoms with E-state index in [2.05, 4.69) is 33.6 Å². The molecule has 1 aromatic carbocycles. The van der Waals surface area contributed by atoms with Crippen LogP contribution in [0.3, 0.4) is 0 Å². The lowest BCUT2D eigenvalue weighted by Crippen LogP contribution is -1.75. The second kappa shape index (κ2) is 8.52. The lowest BCUT2D eigenvalue weighted by molar-refractivity contribution is 0.860. The van der Waals surface area contributed by atoms with Gasteiger partial charge in [0.05, 0.1) is 0 Å². The van der Waals surface area contributed by atoms with Crippen LogP contribution in [0.25, 0.3) is 6.08 Å². The van der Waals surface area contributed by atoms with E-state index in [-0.39, 0.29) is 0 Å². The lowest BCUT2D eigenvalue weighted by Gasteiger charge is -1.87. The summed E-state index contributed by atoms with van der Waals surface area (Å²) >= 11 is 0. The molecule has 0 heterocycles. The highest BCUT2D eigenvalue weighted by Gasteiger charge is 2.38. The summed E-state index contributed by atoms with van der Waals surface area (Å²) in [6.07, 6.45) is 1.83. The van der Waals surface area contributed by atoms with E-state index in [9.17, 15) is 0 Å². The summed E-state index contributed by atoms with van der Waals surface area (Å²) in [6.45, 7) is 19.6. The van der Waals surface area contributed by atoms with Gasteiger partial charge in [-0.25, -0.2) is 0 Å². The van der Waals surface area contributed by atoms with Crippen molar-refractivity contribution in [1.29, 1.82) is 0 Å². The van der Waals surface area contributed by atoms with Crippen LogP contribution in [0.2, 0.25) is 0 Å². The molecule has 0 aliphatic heterocycles. The molecular weight excluding hydrogens is 216 g/mol. The predicted molar refractivity (Wildman–Crippen MR) is 84.5 cm³/mol. The Kier molecular flexibility index (Phi) is 7.78. The molecule has 2 unspecified atom stereocenters. The van der Waals surface area contributed by atoms with Crippen LogP contribution in [0.15, 0.2) is 61.2 Å². The third kappa shape index (κ3) is 5.18. The van der Waals surface area contributed by atoms with Gasteiger partial charge in [0.15, 0.2) is 0 Å². The van der Waals surface area contributed by atoms with Gasteiger partial charge in [-0.2, -0.15) is 0 Å². The van der Waals surface area contributed by atoms with E-state index in [0.29, 0.717) is 11.8 Å². The Morgan fingerprint density at radius 3 is 1.78 bits per heavy atom. The molecule has 98 valence electrons. The molecule has 2 atom stereocenters. The van der Waals surface area contributed by atoms with Crippen molar-refractivity contribution in [3.05, 3.63) is 66.8 Å². The molecule has 2 rings (SSSR count). The largest absolute Gasteiger partial charge is 0.0995 e. The lowest BCUT2D eigenvalue weighted by atomic mass is 10.2. The maximum absolute atomic E-state index is 3.89. The van der Waals surface area contributed by atoms with Crippen LogP contribution in [-0.2, 0) is 0 Å². The van der Waals surface area contributed by atoms with Crippen molar-refractivity contribution >= 4 is 6.08 Å². The molecule has 0 spiro atoms. The zero-order chi connectivity index (χ0) is 14.1. The smallest absolute Gasteiger partial charge is 0.00648 e. The zero-order valence-electron chi connectivity index (χ0n) is 12.2. The van der Waals surface area contributed by atoms with Gasteiger partial charge in [-0.1, -0.05) is 88.1 Å². The molecule has 0 radical (unpaired) electrons. The molecule has 0 N–H and O–H groups in total. The number of benzene rings is 1. The van der Waals surface area contributed by atoms with Crippen molar-refractivity contribution in [2.45, 2.75) is 27.7 Å². The van der Waals surface area contributed by atoms with Crippen molar-refractivity contribution < 1.29 is 0 Å². The Balaban J connectivity index is 0.000000283. The van der Waals surface area contributed by atoms with Gasteiger partial charge in [-0.05, 0) is 18.4 Å². The molecule has 1 fully saturated rings. The van der Waals surface area contributed by atoms with Crippen molar-refractivity contribution in [3.63, 3.8) is 0 Å². The molecule has 1 aliphatic rings. The minimum atomic E-state index is 0.648. The molecule has 0 aromatic heterocycles. The third-order valence-electron chi connectivity index (χ3n) is 2.94. The monoisotopic (exact) mass is 242 g/mol. The number of hydrogen-bond acceptors (Lipinski definition) is 0. The second-order valence-corrected chi connectivity index (χ2v) is 4.30. The van der Waals surface area contributed by atoms with Gasteiger partial charge in [0.1, 0.15) is 0 Å². The summed E-state index contributed by atoms with van der Waals surface area (Å²) in [5, 5.41) is 0. The highest BCUT2D eigenvalue weighted by Crippen LogP contribution is 2.47. The van der Waals surface area contributed by atoms with Crippen molar-refractivity contribution in [3.8, 4) is 0 Å². The Morgan fingerprint density at radius 2 is 1.61 bits per heavy atom. The maximum atomic E-state index is 3.89. The van der Waals surface area contributed by atoms with E-state index >= 15 is 0 Å². The zero-order valence-corrected chi connectivity index (χ0v) is 12.2. The highest BCUT2D eigenvalue weighted by atomic mass is 14.4. The Hall–Kier alpha value is -1.56. The summed E-state index contributed by atoms with van der Waals surface area (Å²) < 4.78 is 0.